The quantitative estimate of drug-likeness (QED) is 0.470. The Hall–Kier alpha value is -3.12. The van der Waals surface area contributed by atoms with Crippen molar-refractivity contribution in [2.45, 2.75) is 25.4 Å². The molecule has 2 saturated heterocycles. The summed E-state index contributed by atoms with van der Waals surface area (Å²) in [6, 6.07) is 6.87. The predicted molar refractivity (Wildman–Crippen MR) is 123 cm³/mol. The number of morpholine rings is 1. The lowest BCUT2D eigenvalue weighted by Crippen LogP contribution is -2.42. The molecule has 3 aromatic rings. The lowest BCUT2D eigenvalue weighted by molar-refractivity contribution is -0.130. The number of benzene rings is 1. The predicted octanol–water partition coefficient (Wildman–Crippen LogP) is 2.59. The minimum absolute atomic E-state index is 0.00949. The van der Waals surface area contributed by atoms with Crippen LogP contribution >= 0.6 is 11.6 Å². The highest BCUT2D eigenvalue weighted by Crippen LogP contribution is 2.28. The number of alkyl halides is 3. The van der Waals surface area contributed by atoms with Crippen LogP contribution in [-0.2, 0) is 9.53 Å². The summed E-state index contributed by atoms with van der Waals surface area (Å²) in [4.78, 5) is 33.0. The third kappa shape index (κ3) is 4.98. The van der Waals surface area contributed by atoms with Gasteiger partial charge in [-0.15, -0.1) is 11.6 Å². The molecule has 0 unspecified atom stereocenters. The van der Waals surface area contributed by atoms with E-state index in [4.69, 9.17) is 21.1 Å². The van der Waals surface area contributed by atoms with Crippen molar-refractivity contribution in [1.82, 2.24) is 29.4 Å². The molecule has 13 heteroatoms. The van der Waals surface area contributed by atoms with Gasteiger partial charge >= 0.3 is 6.01 Å². The second kappa shape index (κ2) is 10.2. The van der Waals surface area contributed by atoms with E-state index in [0.29, 0.717) is 69.2 Å². The average molecular weight is 508 g/mol. The van der Waals surface area contributed by atoms with Gasteiger partial charge in [-0.1, -0.05) is 12.1 Å². The van der Waals surface area contributed by atoms with Crippen LogP contribution in [0.25, 0.3) is 17.0 Å². The van der Waals surface area contributed by atoms with Gasteiger partial charge in [0.15, 0.2) is 5.82 Å². The lowest BCUT2D eigenvalue weighted by Gasteiger charge is -2.31. The molecular formula is C22H24ClF2N7O3. The van der Waals surface area contributed by atoms with Crippen LogP contribution in [-0.4, -0.2) is 86.7 Å². The molecule has 0 aliphatic carbocycles. The van der Waals surface area contributed by atoms with Gasteiger partial charge in [-0.05, 0) is 12.1 Å². The molecular weight excluding hydrogens is 484 g/mol. The number of carbonyl (C=O) groups is 1. The highest BCUT2D eigenvalue weighted by molar-refractivity contribution is 6.27. The largest absolute Gasteiger partial charge is 0.460 e. The molecule has 0 radical (unpaired) electrons. The fourth-order valence-corrected chi connectivity index (χ4v) is 4.42. The number of hydrogen-bond acceptors (Lipinski definition) is 8. The number of likely N-dealkylation sites (tertiary alicyclic amines) is 1. The summed E-state index contributed by atoms with van der Waals surface area (Å²) in [6.45, 7) is 3.11. The first kappa shape index (κ1) is 23.6. The van der Waals surface area contributed by atoms with Gasteiger partial charge in [-0.2, -0.15) is 15.0 Å². The number of aromatic nitrogens is 5. The minimum Gasteiger partial charge on any atom is -0.460 e. The first-order valence-electron chi connectivity index (χ1n) is 11.4. The number of imidazole rings is 1. The fraction of sp³-hybridized carbons (Fsp3) is 0.500. The maximum Gasteiger partial charge on any atom is 0.323 e. The molecule has 2 aliphatic rings. The van der Waals surface area contributed by atoms with Gasteiger partial charge in [0, 0.05) is 39.0 Å². The first-order valence-corrected chi connectivity index (χ1v) is 11.9. The summed E-state index contributed by atoms with van der Waals surface area (Å²) in [5, 5.41) is 0. The number of fused-ring (bicyclic) bond motifs is 1. The second-order valence-electron chi connectivity index (χ2n) is 8.24. The molecule has 0 bridgehead atoms. The van der Waals surface area contributed by atoms with Crippen molar-refractivity contribution < 1.29 is 23.0 Å². The van der Waals surface area contributed by atoms with Gasteiger partial charge in [0.1, 0.15) is 12.0 Å². The molecule has 4 heterocycles. The van der Waals surface area contributed by atoms with E-state index in [1.54, 1.807) is 29.2 Å². The molecule has 2 fully saturated rings. The average Bonchev–Trinajstić information content (AvgIpc) is 3.29. The molecule has 0 saturated carbocycles. The number of anilines is 1. The Morgan fingerprint density at radius 2 is 1.77 bits per heavy atom. The second-order valence-corrected chi connectivity index (χ2v) is 8.51. The Balaban J connectivity index is 1.50. The molecule has 10 nitrogen and oxygen atoms in total. The van der Waals surface area contributed by atoms with Gasteiger partial charge < -0.3 is 19.3 Å². The number of halogens is 3. The molecule has 2 aromatic heterocycles. The topological polar surface area (TPSA) is 98.5 Å². The summed E-state index contributed by atoms with van der Waals surface area (Å²) in [7, 11) is 0. The van der Waals surface area contributed by atoms with Crippen LogP contribution in [0.1, 0.15) is 25.1 Å². The monoisotopic (exact) mass is 507 g/mol. The molecule has 186 valence electrons. The van der Waals surface area contributed by atoms with Gasteiger partial charge in [-0.25, -0.2) is 13.8 Å². The highest BCUT2D eigenvalue weighted by Gasteiger charge is 2.27. The number of carbonyl (C=O) groups excluding carboxylic acids is 1. The number of para-hydroxylation sites is 2. The van der Waals surface area contributed by atoms with E-state index in [1.807, 2.05) is 4.90 Å². The molecule has 2 aliphatic heterocycles. The summed E-state index contributed by atoms with van der Waals surface area (Å²) < 4.78 is 40.7. The van der Waals surface area contributed by atoms with Crippen molar-refractivity contribution >= 4 is 34.5 Å². The highest BCUT2D eigenvalue weighted by atomic mass is 35.5. The van der Waals surface area contributed by atoms with Crippen molar-refractivity contribution in [3.63, 3.8) is 0 Å². The van der Waals surface area contributed by atoms with Gasteiger partial charge in [0.25, 0.3) is 6.43 Å². The van der Waals surface area contributed by atoms with Crippen molar-refractivity contribution in [3.05, 3.63) is 30.1 Å². The first-order chi connectivity index (χ1) is 17.0. The SMILES string of the molecule is O=C(CCl)N1CCC(Oc2nc(N3CCOCC3)nc(-n3c(C(F)F)nc4ccccc43)n2)CC1. The normalized spacial score (nSPS) is 17.4. The molecule has 0 atom stereocenters. The maximum atomic E-state index is 14.0. The van der Waals surface area contributed by atoms with E-state index < -0.39 is 12.2 Å². The third-order valence-electron chi connectivity index (χ3n) is 6.05. The fourth-order valence-electron chi connectivity index (χ4n) is 4.25. The molecule has 1 aromatic carbocycles. The number of hydrogen-bond donors (Lipinski definition) is 0. The maximum absolute atomic E-state index is 14.0. The molecule has 5 rings (SSSR count). The Morgan fingerprint density at radius 3 is 2.49 bits per heavy atom. The summed E-state index contributed by atoms with van der Waals surface area (Å²) >= 11 is 5.66. The van der Waals surface area contributed by atoms with E-state index in [2.05, 4.69) is 19.9 Å². The van der Waals surface area contributed by atoms with Crippen molar-refractivity contribution in [1.29, 1.82) is 0 Å². The molecule has 0 spiro atoms. The van der Waals surface area contributed by atoms with E-state index in [-0.39, 0.29) is 29.8 Å². The Morgan fingerprint density at radius 1 is 1.06 bits per heavy atom. The van der Waals surface area contributed by atoms with E-state index in [0.717, 1.165) is 0 Å². The number of ether oxygens (including phenoxy) is 2. The number of piperidine rings is 1. The molecule has 1 amide bonds. The summed E-state index contributed by atoms with van der Waals surface area (Å²) in [6.07, 6.45) is -1.92. The van der Waals surface area contributed by atoms with Crippen LogP contribution in [0.5, 0.6) is 6.01 Å². The minimum atomic E-state index is -2.83. The summed E-state index contributed by atoms with van der Waals surface area (Å²) in [5.74, 6) is -0.300. The number of rotatable bonds is 6. The van der Waals surface area contributed by atoms with Crippen molar-refractivity contribution in [2.75, 3.05) is 50.2 Å². The standard InChI is InChI=1S/C22H24ClF2N7O3/c23-13-17(33)30-7-5-14(6-8-30)35-22-28-20(31-9-11-34-12-10-31)27-21(29-22)32-16-4-2-1-3-15(16)26-19(32)18(24)25/h1-4,14,18H,5-13H2. The smallest absolute Gasteiger partial charge is 0.323 e. The van der Waals surface area contributed by atoms with E-state index in [1.165, 1.54) is 4.57 Å². The van der Waals surface area contributed by atoms with Crippen LogP contribution < -0.4 is 9.64 Å². The van der Waals surface area contributed by atoms with E-state index in [9.17, 15) is 13.6 Å². The van der Waals surface area contributed by atoms with Crippen LogP contribution in [0.2, 0.25) is 0 Å². The van der Waals surface area contributed by atoms with Crippen LogP contribution in [0, 0.1) is 0 Å². The van der Waals surface area contributed by atoms with Gasteiger partial charge in [0.2, 0.25) is 17.8 Å². The van der Waals surface area contributed by atoms with Crippen LogP contribution in [0.15, 0.2) is 24.3 Å². The third-order valence-corrected chi connectivity index (χ3v) is 6.28. The van der Waals surface area contributed by atoms with E-state index >= 15 is 0 Å². The van der Waals surface area contributed by atoms with Crippen molar-refractivity contribution in [3.8, 4) is 12.0 Å². The van der Waals surface area contributed by atoms with Crippen LogP contribution in [0.3, 0.4) is 0 Å². The zero-order chi connectivity index (χ0) is 24.4. The Labute approximate surface area is 204 Å². The Kier molecular flexibility index (Phi) is 6.91. The zero-order valence-corrected chi connectivity index (χ0v) is 19.6. The number of amides is 1. The van der Waals surface area contributed by atoms with Crippen LogP contribution in [0.4, 0.5) is 14.7 Å². The summed E-state index contributed by atoms with van der Waals surface area (Å²) in [5.41, 5.74) is 0.871. The molecule has 0 N–H and O–H groups in total. The van der Waals surface area contributed by atoms with Crippen molar-refractivity contribution in [2.24, 2.45) is 0 Å². The number of nitrogens with zero attached hydrogens (tertiary/aromatic N) is 7. The molecule has 35 heavy (non-hydrogen) atoms. The van der Waals surface area contributed by atoms with Gasteiger partial charge in [-0.3, -0.25) is 9.36 Å². The Bertz CT molecular complexity index is 1200. The van der Waals surface area contributed by atoms with Gasteiger partial charge in [0.05, 0.1) is 24.2 Å². The zero-order valence-electron chi connectivity index (χ0n) is 18.8. The lowest BCUT2D eigenvalue weighted by atomic mass is 10.1.